The van der Waals surface area contributed by atoms with E-state index in [0.717, 1.165) is 11.1 Å². The fourth-order valence-electron chi connectivity index (χ4n) is 3.58. The molecule has 0 aliphatic rings. The third-order valence-corrected chi connectivity index (χ3v) is 5.35. The summed E-state index contributed by atoms with van der Waals surface area (Å²) < 4.78 is 20.6. The maximum Gasteiger partial charge on any atom is 0.519 e. The van der Waals surface area contributed by atoms with E-state index < -0.39 is 17.4 Å². The molecule has 0 saturated carbocycles. The van der Waals surface area contributed by atoms with Crippen molar-refractivity contribution < 1.29 is 23.1 Å². The number of nitrogens with one attached hydrogen (secondary N) is 2. The summed E-state index contributed by atoms with van der Waals surface area (Å²) in [6, 6.07) is 12.3. The summed E-state index contributed by atoms with van der Waals surface area (Å²) in [7, 11) is 0. The van der Waals surface area contributed by atoms with Gasteiger partial charge in [0.2, 0.25) is 5.65 Å². The minimum Gasteiger partial charge on any atom is -0.493 e. The number of nitrogens with zero attached hydrogens (tertiary/aromatic N) is 3. The van der Waals surface area contributed by atoms with Crippen molar-refractivity contribution in [3.05, 3.63) is 80.5 Å². The average molecular weight is 489 g/mol. The van der Waals surface area contributed by atoms with Crippen LogP contribution in [0.2, 0.25) is 0 Å². The van der Waals surface area contributed by atoms with Gasteiger partial charge in [0.05, 0.1) is 17.7 Å². The van der Waals surface area contributed by atoms with Crippen molar-refractivity contribution in [2.24, 2.45) is 0 Å². The molecule has 0 radical (unpaired) electrons. The number of carbonyl (C=O) groups is 1. The summed E-state index contributed by atoms with van der Waals surface area (Å²) in [5, 5.41) is 10.1. The molecule has 0 bridgehead atoms. The molecule has 0 saturated heterocycles. The van der Waals surface area contributed by atoms with Gasteiger partial charge in [0.1, 0.15) is 11.6 Å². The summed E-state index contributed by atoms with van der Waals surface area (Å²) >= 11 is 0. The predicted molar refractivity (Wildman–Crippen MR) is 125 cm³/mol. The van der Waals surface area contributed by atoms with Gasteiger partial charge in [-0.25, -0.2) is 14.6 Å². The monoisotopic (exact) mass is 489 g/mol. The fourth-order valence-corrected chi connectivity index (χ4v) is 3.58. The van der Waals surface area contributed by atoms with Crippen LogP contribution in [0, 0.1) is 6.92 Å². The number of hydrogen-bond donors (Lipinski definition) is 2. The molecule has 0 fully saturated rings. The quantitative estimate of drug-likeness (QED) is 0.324. The van der Waals surface area contributed by atoms with E-state index in [4.69, 9.17) is 18.3 Å². The Kier molecular flexibility index (Phi) is 5.90. The van der Waals surface area contributed by atoms with Crippen molar-refractivity contribution in [1.82, 2.24) is 25.4 Å². The first-order chi connectivity index (χ1) is 17.4. The number of esters is 1. The van der Waals surface area contributed by atoms with Crippen molar-refractivity contribution in [2.45, 2.75) is 20.5 Å². The topological polar surface area (TPSA) is 166 Å². The summed E-state index contributed by atoms with van der Waals surface area (Å²) in [5.74, 6) is -0.182. The van der Waals surface area contributed by atoms with Gasteiger partial charge in [0.25, 0.3) is 5.56 Å². The van der Waals surface area contributed by atoms with Crippen molar-refractivity contribution in [3.63, 3.8) is 0 Å². The van der Waals surface area contributed by atoms with Crippen LogP contribution in [-0.4, -0.2) is 38.0 Å². The largest absolute Gasteiger partial charge is 0.519 e. The molecule has 0 amide bonds. The molecule has 2 aromatic carbocycles. The number of H-pyrrole nitrogens is 2. The van der Waals surface area contributed by atoms with Gasteiger partial charge in [-0.2, -0.15) is 5.21 Å². The van der Waals surface area contributed by atoms with Gasteiger partial charge in [0, 0.05) is 0 Å². The highest BCUT2D eigenvalue weighted by Gasteiger charge is 2.16. The number of fused-ring (bicyclic) bond motifs is 1. The molecule has 182 valence electrons. The van der Waals surface area contributed by atoms with Crippen LogP contribution in [0.3, 0.4) is 0 Å². The van der Waals surface area contributed by atoms with E-state index >= 15 is 0 Å². The molecule has 0 unspecified atom stereocenters. The predicted octanol–water partition coefficient (Wildman–Crippen LogP) is 2.99. The van der Waals surface area contributed by atoms with Gasteiger partial charge in [-0.05, 0) is 49.2 Å². The zero-order valence-electron chi connectivity index (χ0n) is 19.2. The molecule has 12 heteroatoms. The highest BCUT2D eigenvalue weighted by molar-refractivity contribution is 5.90. The van der Waals surface area contributed by atoms with Crippen LogP contribution >= 0.6 is 0 Å². The van der Waals surface area contributed by atoms with Gasteiger partial charge >= 0.3 is 11.8 Å². The number of carbonyl (C=O) groups excluding carboxylic acids is 1. The normalized spacial score (nSPS) is 11.1. The Morgan fingerprint density at radius 1 is 1.03 bits per heavy atom. The van der Waals surface area contributed by atoms with Crippen LogP contribution in [0.15, 0.2) is 60.9 Å². The Morgan fingerprint density at radius 2 is 1.81 bits per heavy atom. The van der Waals surface area contributed by atoms with Crippen LogP contribution in [0.1, 0.15) is 28.8 Å². The minimum absolute atomic E-state index is 0.122. The van der Waals surface area contributed by atoms with Gasteiger partial charge < -0.3 is 23.3 Å². The number of benzene rings is 2. The lowest BCUT2D eigenvalue weighted by atomic mass is 10.0. The first-order valence-electron chi connectivity index (χ1n) is 10.9. The zero-order valence-corrected chi connectivity index (χ0v) is 19.2. The van der Waals surface area contributed by atoms with Crippen LogP contribution in [0.4, 0.5) is 0 Å². The van der Waals surface area contributed by atoms with E-state index in [1.54, 1.807) is 37.3 Å². The smallest absolute Gasteiger partial charge is 0.493 e. The van der Waals surface area contributed by atoms with E-state index in [0.29, 0.717) is 29.3 Å². The first-order valence-corrected chi connectivity index (χ1v) is 10.9. The molecule has 36 heavy (non-hydrogen) atoms. The second-order valence-electron chi connectivity index (χ2n) is 7.64. The van der Waals surface area contributed by atoms with E-state index in [2.05, 4.69) is 25.4 Å². The Hall–Kier alpha value is -5.00. The summed E-state index contributed by atoms with van der Waals surface area (Å²) in [6.07, 6.45) is 0. The third-order valence-electron chi connectivity index (χ3n) is 5.35. The highest BCUT2D eigenvalue weighted by Crippen LogP contribution is 2.33. The molecule has 2 N–H and O–H groups in total. The Morgan fingerprint density at radius 3 is 2.53 bits per heavy atom. The first kappa shape index (κ1) is 22.8. The molecule has 3 heterocycles. The highest BCUT2D eigenvalue weighted by atomic mass is 16.6. The number of ether oxygens (including phenoxy) is 2. The van der Waals surface area contributed by atoms with Crippen molar-refractivity contribution >= 4 is 17.1 Å². The maximum absolute atomic E-state index is 12.4. The van der Waals surface area contributed by atoms with E-state index in [-0.39, 0.29) is 29.3 Å². The van der Waals surface area contributed by atoms with Gasteiger partial charge in [-0.1, -0.05) is 18.2 Å². The molecule has 5 aromatic rings. The lowest BCUT2D eigenvalue weighted by molar-refractivity contribution is 0.0443. The Bertz CT molecular complexity index is 1680. The number of hydrogen-bond acceptors (Lipinski definition) is 10. The molecule has 5 rings (SSSR count). The summed E-state index contributed by atoms with van der Waals surface area (Å²) in [5.41, 5.74) is 2.47. The molecule has 0 atom stereocenters. The molecule has 3 aromatic heterocycles. The molecule has 0 aliphatic carbocycles. The standard InChI is InChI=1S/C24H19N5O7/c1-3-33-17-10-15(8-9-16(17)20-25-21-19(22(30)26-20)27-29-28-21)13-4-6-14(7-5-13)23(31)34-11-18-12(2)35-24(32)36-18/h4-10H,3,11H2,1-2H3,(H2,25,26,27,28,29,30). The van der Waals surface area contributed by atoms with Crippen molar-refractivity contribution in [3.8, 4) is 28.3 Å². The second-order valence-corrected chi connectivity index (χ2v) is 7.64. The van der Waals surface area contributed by atoms with Crippen molar-refractivity contribution in [2.75, 3.05) is 6.61 Å². The van der Waals surface area contributed by atoms with Crippen LogP contribution in [0.5, 0.6) is 5.75 Å². The lowest BCUT2D eigenvalue weighted by Crippen LogP contribution is -2.10. The van der Waals surface area contributed by atoms with Crippen LogP contribution < -0.4 is 16.1 Å². The van der Waals surface area contributed by atoms with Crippen LogP contribution in [0.25, 0.3) is 33.7 Å². The van der Waals surface area contributed by atoms with Crippen molar-refractivity contribution in [1.29, 1.82) is 0 Å². The SMILES string of the molecule is CCOc1cc(-c2ccc(C(=O)OCc3oc(=O)oc3C)cc2)ccc1-c1nc2n[nH]nc2c(=O)[nH]1. The third kappa shape index (κ3) is 4.39. The van der Waals surface area contributed by atoms with E-state index in [9.17, 15) is 14.4 Å². The number of aromatic nitrogens is 5. The maximum atomic E-state index is 12.4. The lowest BCUT2D eigenvalue weighted by Gasteiger charge is -2.12. The molecule has 0 spiro atoms. The van der Waals surface area contributed by atoms with E-state index in [1.165, 1.54) is 0 Å². The Labute approximate surface area is 201 Å². The Balaban J connectivity index is 1.38. The molecular formula is C24H19N5O7. The zero-order chi connectivity index (χ0) is 25.2. The van der Waals surface area contributed by atoms with Gasteiger partial charge in [0.15, 0.2) is 23.6 Å². The average Bonchev–Trinajstić information content (AvgIpc) is 3.48. The second kappa shape index (κ2) is 9.33. The number of rotatable bonds is 7. The van der Waals surface area contributed by atoms with Gasteiger partial charge in [-0.3, -0.25) is 4.79 Å². The molecular weight excluding hydrogens is 470 g/mol. The minimum atomic E-state index is -0.846. The van der Waals surface area contributed by atoms with Gasteiger partial charge in [-0.15, -0.1) is 10.2 Å². The fraction of sp³-hybridized carbons (Fsp3) is 0.167. The number of aromatic amines is 2. The molecule has 12 nitrogen and oxygen atoms in total. The van der Waals surface area contributed by atoms with E-state index in [1.807, 2.05) is 19.1 Å². The summed E-state index contributed by atoms with van der Waals surface area (Å²) in [6.45, 7) is 3.58. The molecule has 0 aliphatic heterocycles. The summed E-state index contributed by atoms with van der Waals surface area (Å²) in [4.78, 5) is 42.9. The number of aryl methyl sites for hydroxylation is 1. The van der Waals surface area contributed by atoms with Crippen LogP contribution in [-0.2, 0) is 11.3 Å².